The highest BCUT2D eigenvalue weighted by molar-refractivity contribution is 7.10. The highest BCUT2D eigenvalue weighted by atomic mass is 32.1. The van der Waals surface area contributed by atoms with Crippen LogP contribution in [-0.4, -0.2) is 45.3 Å². The highest BCUT2D eigenvalue weighted by Gasteiger charge is 2.24. The van der Waals surface area contributed by atoms with Gasteiger partial charge in [0.15, 0.2) is 5.65 Å². The summed E-state index contributed by atoms with van der Waals surface area (Å²) in [6.07, 6.45) is 9.06. The van der Waals surface area contributed by atoms with Crippen molar-refractivity contribution in [1.82, 2.24) is 30.4 Å². The van der Waals surface area contributed by atoms with E-state index in [1.54, 1.807) is 23.7 Å². The molecule has 28 heavy (non-hydrogen) atoms. The van der Waals surface area contributed by atoms with Gasteiger partial charge in [0.1, 0.15) is 5.52 Å². The molecule has 0 unspecified atom stereocenters. The molecule has 146 valence electrons. The van der Waals surface area contributed by atoms with E-state index in [0.29, 0.717) is 19.0 Å². The third-order valence-electron chi connectivity index (χ3n) is 5.76. The summed E-state index contributed by atoms with van der Waals surface area (Å²) in [6.45, 7) is 3.07. The van der Waals surface area contributed by atoms with Crippen molar-refractivity contribution < 1.29 is 4.79 Å². The molecule has 5 rings (SSSR count). The number of hydrogen-bond donors (Lipinski definition) is 2. The summed E-state index contributed by atoms with van der Waals surface area (Å²) < 4.78 is 1.89. The molecule has 0 aromatic carbocycles. The lowest BCUT2D eigenvalue weighted by Crippen LogP contribution is -2.28. The number of rotatable bonds is 5. The number of hydrogen-bond acceptors (Lipinski definition) is 6. The average Bonchev–Trinajstić information content (AvgIpc) is 3.46. The van der Waals surface area contributed by atoms with Gasteiger partial charge in [0.25, 0.3) is 5.91 Å². The molecule has 1 amide bonds. The predicted molar refractivity (Wildman–Crippen MR) is 109 cm³/mol. The minimum Gasteiger partial charge on any atom is -0.350 e. The molecule has 0 radical (unpaired) electrons. The molecule has 4 heterocycles. The van der Waals surface area contributed by atoms with Crippen LogP contribution in [0.15, 0.2) is 17.8 Å². The van der Waals surface area contributed by atoms with Crippen molar-refractivity contribution in [1.29, 1.82) is 0 Å². The van der Waals surface area contributed by atoms with Crippen molar-refractivity contribution in [3.8, 4) is 0 Å². The van der Waals surface area contributed by atoms with E-state index in [1.165, 1.54) is 23.3 Å². The first-order chi connectivity index (χ1) is 13.8. The van der Waals surface area contributed by atoms with Gasteiger partial charge in [-0.1, -0.05) is 0 Å². The second kappa shape index (κ2) is 7.60. The second-order valence-electron chi connectivity index (χ2n) is 7.54. The Hall–Kier alpha value is -2.32. The zero-order chi connectivity index (χ0) is 18.9. The third-order valence-corrected chi connectivity index (χ3v) is 6.85. The molecule has 1 aliphatic carbocycles. The summed E-state index contributed by atoms with van der Waals surface area (Å²) in [4.78, 5) is 23.1. The van der Waals surface area contributed by atoms with Gasteiger partial charge in [-0.3, -0.25) is 4.79 Å². The largest absolute Gasteiger partial charge is 0.350 e. The van der Waals surface area contributed by atoms with Crippen LogP contribution in [0.4, 0.5) is 0 Å². The van der Waals surface area contributed by atoms with E-state index in [-0.39, 0.29) is 5.91 Å². The van der Waals surface area contributed by atoms with Gasteiger partial charge in [0.05, 0.1) is 17.8 Å². The van der Waals surface area contributed by atoms with E-state index >= 15 is 0 Å². The molecular weight excluding hydrogens is 372 g/mol. The molecule has 3 aromatic heterocycles. The fraction of sp³-hybridized carbons (Fsp3) is 0.500. The number of thiophene rings is 1. The Morgan fingerprint density at radius 2 is 2.18 bits per heavy atom. The molecule has 1 atom stereocenters. The molecule has 1 aliphatic heterocycles. The smallest absolute Gasteiger partial charge is 0.252 e. The second-order valence-corrected chi connectivity index (χ2v) is 8.50. The number of carbonyl (C=O) groups excluding carboxylic acids is 1. The van der Waals surface area contributed by atoms with Crippen LogP contribution in [0, 0.1) is 0 Å². The van der Waals surface area contributed by atoms with E-state index < -0.39 is 0 Å². The van der Waals surface area contributed by atoms with E-state index in [4.69, 9.17) is 5.10 Å². The van der Waals surface area contributed by atoms with Gasteiger partial charge in [0.2, 0.25) is 0 Å². The standard InChI is InChI=1S/C20H24N6OS/c27-20(15-12-28-16-4-2-1-3-14(15)16)24-9-10-26-19-18(22-7-8-23-19)17(25-26)13-5-6-21-11-13/h7-8,12-13,21H,1-6,9-11H2,(H,24,27)/t13-/m1/s1. The topological polar surface area (TPSA) is 84.7 Å². The molecular formula is C20H24N6OS. The monoisotopic (exact) mass is 396 g/mol. The zero-order valence-electron chi connectivity index (χ0n) is 15.8. The van der Waals surface area contributed by atoms with Crippen molar-refractivity contribution in [2.24, 2.45) is 0 Å². The minimum atomic E-state index is 0.0298. The molecule has 2 aliphatic rings. The Balaban J connectivity index is 1.30. The molecule has 7 nitrogen and oxygen atoms in total. The van der Waals surface area contributed by atoms with Crippen LogP contribution in [0.25, 0.3) is 11.2 Å². The Morgan fingerprint density at radius 3 is 3.07 bits per heavy atom. The van der Waals surface area contributed by atoms with Crippen LogP contribution in [0.5, 0.6) is 0 Å². The molecule has 0 bridgehead atoms. The normalized spacial score (nSPS) is 19.1. The maximum Gasteiger partial charge on any atom is 0.252 e. The number of aromatic nitrogens is 4. The van der Waals surface area contributed by atoms with E-state index in [1.807, 2.05) is 10.1 Å². The Morgan fingerprint density at radius 1 is 1.29 bits per heavy atom. The van der Waals surface area contributed by atoms with Crippen molar-refractivity contribution in [2.75, 3.05) is 19.6 Å². The lowest BCUT2D eigenvalue weighted by molar-refractivity contribution is 0.0951. The summed E-state index contributed by atoms with van der Waals surface area (Å²) in [5.41, 5.74) is 4.83. The number of nitrogens with zero attached hydrogens (tertiary/aromatic N) is 4. The number of nitrogens with one attached hydrogen (secondary N) is 2. The molecule has 3 aromatic rings. The predicted octanol–water partition coefficient (Wildman–Crippen LogP) is 2.27. The van der Waals surface area contributed by atoms with Crippen LogP contribution in [-0.2, 0) is 19.4 Å². The van der Waals surface area contributed by atoms with Crippen LogP contribution in [0.3, 0.4) is 0 Å². The molecule has 1 fully saturated rings. The van der Waals surface area contributed by atoms with E-state index in [0.717, 1.165) is 54.8 Å². The van der Waals surface area contributed by atoms with Crippen LogP contribution in [0.2, 0.25) is 0 Å². The minimum absolute atomic E-state index is 0.0298. The van der Waals surface area contributed by atoms with Crippen molar-refractivity contribution in [3.63, 3.8) is 0 Å². The Kier molecular flexibility index (Phi) is 4.82. The zero-order valence-corrected chi connectivity index (χ0v) is 16.6. The molecule has 1 saturated heterocycles. The van der Waals surface area contributed by atoms with Crippen molar-refractivity contribution >= 4 is 28.4 Å². The lowest BCUT2D eigenvalue weighted by Gasteiger charge is -2.12. The fourth-order valence-corrected chi connectivity index (χ4v) is 5.42. The average molecular weight is 397 g/mol. The molecule has 0 saturated carbocycles. The van der Waals surface area contributed by atoms with Crippen LogP contribution >= 0.6 is 11.3 Å². The quantitative estimate of drug-likeness (QED) is 0.691. The summed E-state index contributed by atoms with van der Waals surface area (Å²) in [7, 11) is 0. The number of amides is 1. The summed E-state index contributed by atoms with van der Waals surface area (Å²) in [6, 6.07) is 0. The maximum absolute atomic E-state index is 12.7. The first-order valence-corrected chi connectivity index (χ1v) is 10.9. The molecule has 0 spiro atoms. The number of aryl methyl sites for hydroxylation is 1. The Labute approximate surface area is 167 Å². The van der Waals surface area contributed by atoms with E-state index in [2.05, 4.69) is 20.6 Å². The highest BCUT2D eigenvalue weighted by Crippen LogP contribution is 2.30. The molecule has 8 heteroatoms. The number of carbonyl (C=O) groups is 1. The summed E-state index contributed by atoms with van der Waals surface area (Å²) in [5, 5.41) is 13.3. The third kappa shape index (κ3) is 3.20. The fourth-order valence-electron chi connectivity index (χ4n) is 4.30. The van der Waals surface area contributed by atoms with Gasteiger partial charge in [-0.25, -0.2) is 14.6 Å². The maximum atomic E-state index is 12.7. The molecule has 2 N–H and O–H groups in total. The van der Waals surface area contributed by atoms with Gasteiger partial charge in [-0.15, -0.1) is 11.3 Å². The number of fused-ring (bicyclic) bond motifs is 2. The first kappa shape index (κ1) is 17.8. The van der Waals surface area contributed by atoms with Gasteiger partial charge in [-0.05, 0) is 44.2 Å². The van der Waals surface area contributed by atoms with Crippen molar-refractivity contribution in [2.45, 2.75) is 44.6 Å². The summed E-state index contributed by atoms with van der Waals surface area (Å²) in [5.74, 6) is 0.412. The van der Waals surface area contributed by atoms with E-state index in [9.17, 15) is 4.79 Å². The van der Waals surface area contributed by atoms with Gasteiger partial charge >= 0.3 is 0 Å². The van der Waals surface area contributed by atoms with Gasteiger partial charge in [0, 0.05) is 41.7 Å². The SMILES string of the molecule is O=C(NCCn1nc([C@@H]2CCNC2)c2nccnc21)c1csc2c1CCCC2. The summed E-state index contributed by atoms with van der Waals surface area (Å²) >= 11 is 1.73. The first-order valence-electron chi connectivity index (χ1n) is 10.1. The van der Waals surface area contributed by atoms with Crippen LogP contribution in [0.1, 0.15) is 51.7 Å². The Bertz CT molecular complexity index is 1000. The lowest BCUT2D eigenvalue weighted by atomic mass is 9.96. The van der Waals surface area contributed by atoms with Gasteiger partial charge in [-0.2, -0.15) is 5.10 Å². The van der Waals surface area contributed by atoms with Crippen LogP contribution < -0.4 is 10.6 Å². The van der Waals surface area contributed by atoms with Gasteiger partial charge < -0.3 is 10.6 Å². The van der Waals surface area contributed by atoms with Crippen molar-refractivity contribution in [3.05, 3.63) is 39.5 Å².